The van der Waals surface area contributed by atoms with Crippen LogP contribution in [0.15, 0.2) is 121 Å². The third-order valence-electron chi connectivity index (χ3n) is 6.04. The smallest absolute Gasteiger partial charge is 0.225 e. The van der Waals surface area contributed by atoms with E-state index >= 15 is 0 Å². The Hall–Kier alpha value is -4.61. The van der Waals surface area contributed by atoms with Gasteiger partial charge in [-0.1, -0.05) is 97.1 Å². The molecule has 38 heavy (non-hydrogen) atoms. The highest BCUT2D eigenvalue weighted by atomic mass is 16.5. The van der Waals surface area contributed by atoms with Crippen molar-refractivity contribution in [3.63, 3.8) is 0 Å². The minimum absolute atomic E-state index is 0.0854. The van der Waals surface area contributed by atoms with Crippen LogP contribution < -0.4 is 14.2 Å². The predicted molar refractivity (Wildman–Crippen MR) is 148 cm³/mol. The number of pyridine rings is 1. The highest BCUT2D eigenvalue weighted by Crippen LogP contribution is 2.38. The van der Waals surface area contributed by atoms with Crippen LogP contribution in [0, 0.1) is 0 Å². The fraction of sp³-hybridized carbons (Fsp3) is 0.121. The lowest BCUT2D eigenvalue weighted by molar-refractivity contribution is 0.268. The summed E-state index contributed by atoms with van der Waals surface area (Å²) in [6, 6.07) is 39.3. The third kappa shape index (κ3) is 6.58. The number of aliphatic hydroxyl groups is 1. The topological polar surface area (TPSA) is 60.8 Å². The van der Waals surface area contributed by atoms with Crippen LogP contribution in [0.3, 0.4) is 0 Å². The second kappa shape index (κ2) is 12.6. The molecule has 5 aromatic rings. The zero-order chi connectivity index (χ0) is 26.0. The van der Waals surface area contributed by atoms with Gasteiger partial charge in [0.2, 0.25) is 11.8 Å². The van der Waals surface area contributed by atoms with Crippen LogP contribution in [0.2, 0.25) is 0 Å². The SMILES string of the molecule is OCc1ccc(OCc2ccccc2)c(-c2ccc(OCc3ccccc3)nc2OCc2ccccc2)c1. The summed E-state index contributed by atoms with van der Waals surface area (Å²) in [7, 11) is 0. The van der Waals surface area contributed by atoms with Crippen LogP contribution in [-0.2, 0) is 26.4 Å². The predicted octanol–water partition coefficient (Wildman–Crippen LogP) is 6.98. The van der Waals surface area contributed by atoms with E-state index in [0.717, 1.165) is 33.4 Å². The van der Waals surface area contributed by atoms with Crippen LogP contribution in [0.1, 0.15) is 22.3 Å². The van der Waals surface area contributed by atoms with E-state index in [4.69, 9.17) is 19.2 Å². The zero-order valence-corrected chi connectivity index (χ0v) is 21.0. The van der Waals surface area contributed by atoms with Crippen LogP contribution >= 0.6 is 0 Å². The van der Waals surface area contributed by atoms with Crippen molar-refractivity contribution in [3.8, 4) is 28.6 Å². The monoisotopic (exact) mass is 503 g/mol. The number of ether oxygens (including phenoxy) is 3. The maximum absolute atomic E-state index is 9.84. The average Bonchev–Trinajstić information content (AvgIpc) is 2.99. The van der Waals surface area contributed by atoms with Crippen LogP contribution in [-0.4, -0.2) is 10.1 Å². The van der Waals surface area contributed by atoms with Crippen molar-refractivity contribution >= 4 is 0 Å². The van der Waals surface area contributed by atoms with Crippen LogP contribution in [0.25, 0.3) is 11.1 Å². The summed E-state index contributed by atoms with van der Waals surface area (Å²) in [5, 5.41) is 9.84. The first-order valence-corrected chi connectivity index (χ1v) is 12.5. The third-order valence-corrected chi connectivity index (χ3v) is 6.04. The first-order chi connectivity index (χ1) is 18.8. The Morgan fingerprint density at radius 2 is 1.05 bits per heavy atom. The fourth-order valence-electron chi connectivity index (χ4n) is 4.02. The molecule has 5 rings (SSSR count). The Morgan fingerprint density at radius 3 is 1.63 bits per heavy atom. The van der Waals surface area contributed by atoms with E-state index in [2.05, 4.69) is 0 Å². The largest absolute Gasteiger partial charge is 0.488 e. The molecule has 0 unspecified atom stereocenters. The molecule has 0 aliphatic heterocycles. The molecular weight excluding hydrogens is 474 g/mol. The molecule has 5 nitrogen and oxygen atoms in total. The number of aromatic nitrogens is 1. The first-order valence-electron chi connectivity index (χ1n) is 12.5. The average molecular weight is 504 g/mol. The number of aliphatic hydroxyl groups excluding tert-OH is 1. The quantitative estimate of drug-likeness (QED) is 0.211. The molecule has 0 saturated heterocycles. The molecule has 4 aromatic carbocycles. The van der Waals surface area contributed by atoms with Gasteiger partial charge in [-0.15, -0.1) is 0 Å². The summed E-state index contributed by atoms with van der Waals surface area (Å²) in [4.78, 5) is 4.73. The number of hydrogen-bond acceptors (Lipinski definition) is 5. The van der Waals surface area contributed by atoms with Gasteiger partial charge >= 0.3 is 0 Å². The molecule has 190 valence electrons. The lowest BCUT2D eigenvalue weighted by Crippen LogP contribution is -2.04. The van der Waals surface area contributed by atoms with Crippen LogP contribution in [0.4, 0.5) is 0 Å². The Morgan fingerprint density at radius 1 is 0.500 bits per heavy atom. The standard InChI is InChI=1S/C33H29NO4/c35-21-28-16-18-31(36-22-25-10-4-1-5-11-25)30(20-28)29-17-19-32(37-23-26-12-6-2-7-13-26)34-33(29)38-24-27-14-8-3-9-15-27/h1-20,35H,21-24H2. The maximum atomic E-state index is 9.84. The van der Waals surface area contributed by atoms with E-state index in [1.165, 1.54) is 0 Å². The molecule has 0 aliphatic carbocycles. The molecule has 0 aliphatic rings. The van der Waals surface area contributed by atoms with Crippen molar-refractivity contribution < 1.29 is 19.3 Å². The minimum Gasteiger partial charge on any atom is -0.488 e. The van der Waals surface area contributed by atoms with Gasteiger partial charge in [0.25, 0.3) is 0 Å². The van der Waals surface area contributed by atoms with Gasteiger partial charge in [0.15, 0.2) is 0 Å². The van der Waals surface area contributed by atoms with E-state index in [1.54, 1.807) is 0 Å². The maximum Gasteiger partial charge on any atom is 0.225 e. The molecule has 0 saturated carbocycles. The summed E-state index contributed by atoms with van der Waals surface area (Å²) >= 11 is 0. The number of rotatable bonds is 11. The minimum atomic E-state index is -0.0854. The Labute approximate surface area is 222 Å². The molecule has 1 heterocycles. The zero-order valence-electron chi connectivity index (χ0n) is 21.0. The molecule has 5 heteroatoms. The summed E-state index contributed by atoms with van der Waals surface area (Å²) in [5.74, 6) is 1.57. The summed E-state index contributed by atoms with van der Waals surface area (Å²) in [6.45, 7) is 1.08. The lowest BCUT2D eigenvalue weighted by atomic mass is 10.0. The molecule has 0 atom stereocenters. The lowest BCUT2D eigenvalue weighted by Gasteiger charge is -2.17. The van der Waals surface area contributed by atoms with Crippen molar-refractivity contribution in [3.05, 3.63) is 144 Å². The summed E-state index contributed by atoms with van der Waals surface area (Å²) < 4.78 is 18.5. The van der Waals surface area contributed by atoms with Gasteiger partial charge in [-0.05, 0) is 40.5 Å². The second-order valence-electron chi connectivity index (χ2n) is 8.81. The van der Waals surface area contributed by atoms with Crippen LogP contribution in [0.5, 0.6) is 17.5 Å². The Bertz CT molecular complexity index is 1440. The van der Waals surface area contributed by atoms with Gasteiger partial charge in [0.05, 0.1) is 6.61 Å². The molecule has 0 bridgehead atoms. The Kier molecular flexibility index (Phi) is 8.29. The molecule has 0 radical (unpaired) electrons. The molecule has 1 N–H and O–H groups in total. The van der Waals surface area contributed by atoms with Crippen molar-refractivity contribution in [2.24, 2.45) is 0 Å². The molecule has 0 fully saturated rings. The van der Waals surface area contributed by atoms with Gasteiger partial charge < -0.3 is 19.3 Å². The van der Waals surface area contributed by atoms with Crippen molar-refractivity contribution in [2.45, 2.75) is 26.4 Å². The van der Waals surface area contributed by atoms with Crippen molar-refractivity contribution in [1.29, 1.82) is 0 Å². The molecule has 0 amide bonds. The summed E-state index contributed by atoms with van der Waals surface area (Å²) in [5.41, 5.74) is 5.46. The number of benzene rings is 4. The molecular formula is C33H29NO4. The highest BCUT2D eigenvalue weighted by Gasteiger charge is 2.17. The van der Waals surface area contributed by atoms with Gasteiger partial charge in [0.1, 0.15) is 25.6 Å². The van der Waals surface area contributed by atoms with E-state index < -0.39 is 0 Å². The normalized spacial score (nSPS) is 10.7. The molecule has 1 aromatic heterocycles. The van der Waals surface area contributed by atoms with E-state index in [0.29, 0.717) is 37.3 Å². The van der Waals surface area contributed by atoms with E-state index in [9.17, 15) is 5.11 Å². The fourth-order valence-corrected chi connectivity index (χ4v) is 4.02. The van der Waals surface area contributed by atoms with Gasteiger partial charge in [-0.2, -0.15) is 4.98 Å². The van der Waals surface area contributed by atoms with E-state index in [-0.39, 0.29) is 6.61 Å². The van der Waals surface area contributed by atoms with Crippen molar-refractivity contribution in [1.82, 2.24) is 4.98 Å². The van der Waals surface area contributed by atoms with Gasteiger partial charge in [-0.3, -0.25) is 0 Å². The number of nitrogens with zero attached hydrogens (tertiary/aromatic N) is 1. The van der Waals surface area contributed by atoms with Gasteiger partial charge in [0, 0.05) is 17.2 Å². The second-order valence-corrected chi connectivity index (χ2v) is 8.81. The van der Waals surface area contributed by atoms with E-state index in [1.807, 2.05) is 121 Å². The molecule has 0 spiro atoms. The summed E-state index contributed by atoms with van der Waals surface area (Å²) in [6.07, 6.45) is 0. The Balaban J connectivity index is 1.47. The number of hydrogen-bond donors (Lipinski definition) is 1. The van der Waals surface area contributed by atoms with Crippen molar-refractivity contribution in [2.75, 3.05) is 0 Å². The highest BCUT2D eigenvalue weighted by molar-refractivity contribution is 5.75. The van der Waals surface area contributed by atoms with Gasteiger partial charge in [-0.25, -0.2) is 0 Å². The first kappa shape index (κ1) is 25.1.